The van der Waals surface area contributed by atoms with Gasteiger partial charge in [-0.05, 0) is 31.6 Å². The van der Waals surface area contributed by atoms with Gasteiger partial charge in [0.25, 0.3) is 0 Å². The Balaban J connectivity index is 4.51. The molecule has 0 aliphatic heterocycles. The fraction of sp³-hybridized carbons (Fsp3) is 1.00. The van der Waals surface area contributed by atoms with Crippen LogP contribution in [0.4, 0.5) is 0 Å². The van der Waals surface area contributed by atoms with Gasteiger partial charge in [0.15, 0.2) is 8.46 Å². The number of unbranched alkanes of at least 4 members (excludes halogenated alkanes) is 2. The van der Waals surface area contributed by atoms with Crippen LogP contribution in [-0.4, -0.2) is 5.16 Å². The fourth-order valence-electron chi connectivity index (χ4n) is 3.29. The lowest BCUT2D eigenvalue weighted by Gasteiger charge is -2.30. The molecule has 0 aromatic carbocycles. The molecule has 0 aromatic heterocycles. The van der Waals surface area contributed by atoms with E-state index in [0.29, 0.717) is 8.46 Å². The first-order valence-electron chi connectivity index (χ1n) is 8.89. The molecule has 0 radical (unpaired) electrons. The lowest BCUT2D eigenvalue weighted by molar-refractivity contribution is 0.304. The Hall–Kier alpha value is 0.100. The van der Waals surface area contributed by atoms with E-state index in [1.807, 2.05) is 0 Å². The van der Waals surface area contributed by atoms with Crippen LogP contribution in [0.1, 0.15) is 98.8 Å². The van der Waals surface area contributed by atoms with E-state index < -0.39 is 0 Å². The molecule has 2 heteroatoms. The minimum absolute atomic E-state index is 0.00281. The topological polar surface area (TPSA) is 17.1 Å². The molecule has 0 spiro atoms. The average molecular weight is 300 g/mol. The molecule has 0 amide bonds. The van der Waals surface area contributed by atoms with E-state index >= 15 is 0 Å². The summed E-state index contributed by atoms with van der Waals surface area (Å²) in [5.41, 5.74) is 0. The lowest BCUT2D eigenvalue weighted by Crippen LogP contribution is -2.25. The molecule has 0 aliphatic rings. The minimum Gasteiger partial charge on any atom is -0.274 e. The van der Waals surface area contributed by atoms with Crippen LogP contribution in [-0.2, 0) is 4.57 Å². The van der Waals surface area contributed by atoms with E-state index in [1.54, 1.807) is 0 Å². The van der Waals surface area contributed by atoms with Crippen LogP contribution in [0.2, 0.25) is 0 Å². The van der Waals surface area contributed by atoms with Crippen molar-refractivity contribution in [2.75, 3.05) is 0 Å². The zero-order valence-corrected chi connectivity index (χ0v) is 15.5. The van der Waals surface area contributed by atoms with Gasteiger partial charge in [-0.1, -0.05) is 79.1 Å². The van der Waals surface area contributed by atoms with Gasteiger partial charge in [0.2, 0.25) is 0 Å². The zero-order chi connectivity index (χ0) is 15.4. The van der Waals surface area contributed by atoms with Gasteiger partial charge >= 0.3 is 0 Å². The lowest BCUT2D eigenvalue weighted by atomic mass is 9.82. The monoisotopic (exact) mass is 300 g/mol. The van der Waals surface area contributed by atoms with Crippen molar-refractivity contribution >= 4 is 8.46 Å². The summed E-state index contributed by atoms with van der Waals surface area (Å²) in [5, 5.41) is 0.00281. The van der Waals surface area contributed by atoms with E-state index in [1.165, 1.54) is 51.4 Å². The SMILES string of the molecule is CCCCC(CC)CC(C)(CC(CC)CCCC)P=O. The molecule has 0 heterocycles. The Labute approximate surface area is 129 Å². The first-order valence-corrected chi connectivity index (χ1v) is 9.70. The predicted molar refractivity (Wildman–Crippen MR) is 91.9 cm³/mol. The van der Waals surface area contributed by atoms with Crippen LogP contribution in [0, 0.1) is 11.8 Å². The minimum atomic E-state index is 0.00281. The number of hydrogen-bond donors (Lipinski definition) is 0. The van der Waals surface area contributed by atoms with Gasteiger partial charge < -0.3 is 0 Å². The molecule has 0 rings (SSSR count). The fourth-order valence-corrected chi connectivity index (χ4v) is 3.95. The summed E-state index contributed by atoms with van der Waals surface area (Å²) in [6.07, 6.45) is 12.5. The molecule has 0 aromatic rings. The van der Waals surface area contributed by atoms with Crippen molar-refractivity contribution in [1.29, 1.82) is 0 Å². The van der Waals surface area contributed by atoms with Gasteiger partial charge in [-0.25, -0.2) is 0 Å². The van der Waals surface area contributed by atoms with Gasteiger partial charge in [-0.2, -0.15) is 0 Å². The van der Waals surface area contributed by atoms with E-state index in [0.717, 1.165) is 24.7 Å². The summed E-state index contributed by atoms with van der Waals surface area (Å²) in [5.74, 6) is 1.51. The summed E-state index contributed by atoms with van der Waals surface area (Å²) < 4.78 is 11.8. The van der Waals surface area contributed by atoms with Crippen LogP contribution in [0.5, 0.6) is 0 Å². The maximum absolute atomic E-state index is 11.8. The molecule has 120 valence electrons. The van der Waals surface area contributed by atoms with Crippen molar-refractivity contribution < 1.29 is 4.57 Å². The van der Waals surface area contributed by atoms with Crippen molar-refractivity contribution in [2.45, 2.75) is 104 Å². The van der Waals surface area contributed by atoms with Gasteiger partial charge in [-0.15, -0.1) is 0 Å². The molecule has 2 unspecified atom stereocenters. The van der Waals surface area contributed by atoms with Crippen LogP contribution < -0.4 is 0 Å². The summed E-state index contributed by atoms with van der Waals surface area (Å²) in [4.78, 5) is 0. The molecule has 0 bridgehead atoms. The maximum atomic E-state index is 11.8. The Morgan fingerprint density at radius 3 is 1.50 bits per heavy atom. The highest BCUT2D eigenvalue weighted by Crippen LogP contribution is 2.40. The summed E-state index contributed by atoms with van der Waals surface area (Å²) in [6.45, 7) is 11.3. The molecule has 0 fully saturated rings. The third kappa shape index (κ3) is 8.40. The van der Waals surface area contributed by atoms with Crippen molar-refractivity contribution in [3.05, 3.63) is 0 Å². The first kappa shape index (κ1) is 20.1. The largest absolute Gasteiger partial charge is 0.274 e. The molecular formula is C18H37OP. The van der Waals surface area contributed by atoms with Gasteiger partial charge in [-0.3, -0.25) is 4.57 Å². The van der Waals surface area contributed by atoms with Gasteiger partial charge in [0.05, 0.1) is 0 Å². The molecule has 20 heavy (non-hydrogen) atoms. The Bertz CT molecular complexity index is 222. The maximum Gasteiger partial charge on any atom is 0.161 e. The zero-order valence-electron chi connectivity index (χ0n) is 14.6. The Kier molecular flexibility index (Phi) is 11.8. The average Bonchev–Trinajstić information content (AvgIpc) is 2.47. The molecule has 1 nitrogen and oxygen atoms in total. The third-order valence-electron chi connectivity index (χ3n) is 4.76. The van der Waals surface area contributed by atoms with Crippen molar-refractivity contribution in [3.8, 4) is 0 Å². The quantitative estimate of drug-likeness (QED) is 0.327. The first-order chi connectivity index (χ1) is 9.55. The summed E-state index contributed by atoms with van der Waals surface area (Å²) in [6, 6.07) is 0. The third-order valence-corrected chi connectivity index (χ3v) is 5.57. The highest BCUT2D eigenvalue weighted by Gasteiger charge is 2.30. The smallest absolute Gasteiger partial charge is 0.161 e. The molecule has 0 saturated carbocycles. The van der Waals surface area contributed by atoms with Gasteiger partial charge in [0.1, 0.15) is 0 Å². The van der Waals surface area contributed by atoms with Crippen molar-refractivity contribution in [1.82, 2.24) is 0 Å². The van der Waals surface area contributed by atoms with Crippen molar-refractivity contribution in [2.24, 2.45) is 11.8 Å². The highest BCUT2D eigenvalue weighted by atomic mass is 31.1. The van der Waals surface area contributed by atoms with Gasteiger partial charge in [0, 0.05) is 5.16 Å². The van der Waals surface area contributed by atoms with Crippen LogP contribution >= 0.6 is 8.46 Å². The second-order valence-corrected chi connectivity index (χ2v) is 8.09. The molecule has 0 N–H and O–H groups in total. The number of rotatable bonds is 13. The second kappa shape index (κ2) is 11.7. The van der Waals surface area contributed by atoms with Crippen LogP contribution in [0.25, 0.3) is 0 Å². The van der Waals surface area contributed by atoms with Crippen LogP contribution in [0.3, 0.4) is 0 Å². The van der Waals surface area contributed by atoms with Crippen LogP contribution in [0.15, 0.2) is 0 Å². The van der Waals surface area contributed by atoms with E-state index in [4.69, 9.17) is 0 Å². The highest BCUT2D eigenvalue weighted by molar-refractivity contribution is 7.26. The predicted octanol–water partition coefficient (Wildman–Crippen LogP) is 7.25. The molecule has 2 atom stereocenters. The summed E-state index contributed by atoms with van der Waals surface area (Å²) >= 11 is 0. The molecule has 0 aliphatic carbocycles. The number of hydrogen-bond acceptors (Lipinski definition) is 1. The van der Waals surface area contributed by atoms with E-state index in [9.17, 15) is 4.57 Å². The van der Waals surface area contributed by atoms with Crippen molar-refractivity contribution in [3.63, 3.8) is 0 Å². The Morgan fingerprint density at radius 1 is 0.850 bits per heavy atom. The van der Waals surface area contributed by atoms with E-state index in [2.05, 4.69) is 34.6 Å². The second-order valence-electron chi connectivity index (χ2n) is 6.83. The summed E-state index contributed by atoms with van der Waals surface area (Å²) in [7, 11) is 0.365. The molecular weight excluding hydrogens is 263 g/mol. The standard InChI is InChI=1S/C18H37OP/c1-6-10-12-16(8-3)14-18(5,20-19)15-17(9-4)13-11-7-2/h16-17H,6-15H2,1-5H3. The van der Waals surface area contributed by atoms with E-state index in [-0.39, 0.29) is 5.16 Å². The Morgan fingerprint density at radius 2 is 1.25 bits per heavy atom. The molecule has 0 saturated heterocycles. The normalized spacial score (nSPS) is 17.9.